The van der Waals surface area contributed by atoms with Crippen LogP contribution in [0.3, 0.4) is 0 Å². The standard InChI is InChI=1S/C32H32N2O7/c1-5-41-22-9-6-19(7-10-22)30(35)28-29(20-8-13-26(39-3)27(16-20)40-4)34(32(37)31(28)36)15-14-21-18-33-25-12-11-23(38-2)17-24(21)25/h6-13,16-18,29,33,35H,5,14-15H2,1-4H3/b30-28-. The average Bonchev–Trinajstić information content (AvgIpc) is 3.52. The highest BCUT2D eigenvalue weighted by atomic mass is 16.5. The third kappa shape index (κ3) is 5.18. The number of carbonyl (C=O) groups is 2. The maximum Gasteiger partial charge on any atom is 0.295 e. The van der Waals surface area contributed by atoms with E-state index in [1.807, 2.05) is 31.3 Å². The van der Waals surface area contributed by atoms with Crippen LogP contribution >= 0.6 is 0 Å². The van der Waals surface area contributed by atoms with Gasteiger partial charge in [0.15, 0.2) is 11.5 Å². The number of carbonyl (C=O) groups excluding carboxylic acids is 2. The molecule has 2 heterocycles. The fraction of sp³-hybridized carbons (Fsp3) is 0.250. The number of aromatic nitrogens is 1. The number of methoxy groups -OCH3 is 3. The van der Waals surface area contributed by atoms with Gasteiger partial charge >= 0.3 is 0 Å². The maximum absolute atomic E-state index is 13.5. The second-order valence-electron chi connectivity index (χ2n) is 9.54. The molecule has 0 aliphatic carbocycles. The van der Waals surface area contributed by atoms with Crippen molar-refractivity contribution in [3.8, 4) is 23.0 Å². The van der Waals surface area contributed by atoms with E-state index in [1.54, 1.807) is 49.6 Å². The van der Waals surface area contributed by atoms with E-state index >= 15 is 0 Å². The van der Waals surface area contributed by atoms with Gasteiger partial charge in [0.1, 0.15) is 17.3 Å². The summed E-state index contributed by atoms with van der Waals surface area (Å²) < 4.78 is 21.8. The summed E-state index contributed by atoms with van der Waals surface area (Å²) in [5, 5.41) is 12.4. The molecule has 0 radical (unpaired) electrons. The third-order valence-electron chi connectivity index (χ3n) is 7.30. The smallest absolute Gasteiger partial charge is 0.295 e. The highest BCUT2D eigenvalue weighted by molar-refractivity contribution is 6.46. The van der Waals surface area contributed by atoms with Crippen LogP contribution in [0.1, 0.15) is 29.7 Å². The molecule has 1 saturated heterocycles. The lowest BCUT2D eigenvalue weighted by molar-refractivity contribution is -0.139. The zero-order valence-electron chi connectivity index (χ0n) is 23.4. The lowest BCUT2D eigenvalue weighted by Gasteiger charge is -2.26. The number of Topliss-reactive ketones (excluding diaryl/α,β-unsaturated/α-hetero) is 1. The first-order valence-corrected chi connectivity index (χ1v) is 13.3. The molecule has 41 heavy (non-hydrogen) atoms. The van der Waals surface area contributed by atoms with Crippen LogP contribution in [-0.4, -0.2) is 61.2 Å². The normalized spacial score (nSPS) is 16.3. The molecular formula is C32H32N2O7. The Balaban J connectivity index is 1.57. The summed E-state index contributed by atoms with van der Waals surface area (Å²) in [6, 6.07) is 16.9. The first-order valence-electron chi connectivity index (χ1n) is 13.3. The summed E-state index contributed by atoms with van der Waals surface area (Å²) in [6.45, 7) is 2.61. The van der Waals surface area contributed by atoms with Gasteiger partial charge in [0.25, 0.3) is 11.7 Å². The molecule has 1 unspecified atom stereocenters. The Bertz CT molecular complexity index is 1620. The van der Waals surface area contributed by atoms with Crippen LogP contribution in [0.15, 0.2) is 72.4 Å². The molecule has 0 bridgehead atoms. The minimum atomic E-state index is -0.846. The Labute approximate surface area is 237 Å². The number of hydrogen-bond donors (Lipinski definition) is 2. The quantitative estimate of drug-likeness (QED) is 0.156. The van der Waals surface area contributed by atoms with E-state index in [-0.39, 0.29) is 17.9 Å². The maximum atomic E-state index is 13.5. The average molecular weight is 557 g/mol. The number of amides is 1. The van der Waals surface area contributed by atoms with Gasteiger partial charge in [0.05, 0.1) is 39.6 Å². The number of fused-ring (bicyclic) bond motifs is 1. The van der Waals surface area contributed by atoms with Crippen molar-refractivity contribution in [3.63, 3.8) is 0 Å². The number of nitrogens with zero attached hydrogens (tertiary/aromatic N) is 1. The van der Waals surface area contributed by atoms with E-state index < -0.39 is 17.7 Å². The van der Waals surface area contributed by atoms with Crippen molar-refractivity contribution in [1.82, 2.24) is 9.88 Å². The molecule has 2 N–H and O–H groups in total. The van der Waals surface area contributed by atoms with E-state index in [0.717, 1.165) is 22.2 Å². The lowest BCUT2D eigenvalue weighted by Crippen LogP contribution is -2.31. The summed E-state index contributed by atoms with van der Waals surface area (Å²) in [7, 11) is 4.66. The molecule has 9 nitrogen and oxygen atoms in total. The molecule has 9 heteroatoms. The van der Waals surface area contributed by atoms with Crippen LogP contribution in [0.25, 0.3) is 16.7 Å². The number of aliphatic hydroxyl groups excluding tert-OH is 1. The Hall–Kier alpha value is -4.92. The van der Waals surface area contributed by atoms with Crippen molar-refractivity contribution in [2.45, 2.75) is 19.4 Å². The van der Waals surface area contributed by atoms with E-state index in [2.05, 4.69) is 4.98 Å². The van der Waals surface area contributed by atoms with Gasteiger partial charge in [-0.3, -0.25) is 9.59 Å². The van der Waals surface area contributed by atoms with Crippen LogP contribution in [0, 0.1) is 0 Å². The zero-order chi connectivity index (χ0) is 29.1. The Morgan fingerprint density at radius 1 is 0.902 bits per heavy atom. The highest BCUT2D eigenvalue weighted by Gasteiger charge is 2.46. The second kappa shape index (κ2) is 11.7. The van der Waals surface area contributed by atoms with Gasteiger partial charge < -0.3 is 33.9 Å². The number of benzene rings is 3. The van der Waals surface area contributed by atoms with Crippen molar-refractivity contribution in [2.24, 2.45) is 0 Å². The number of aliphatic hydroxyl groups is 1. The number of ether oxygens (including phenoxy) is 4. The van der Waals surface area contributed by atoms with Gasteiger partial charge in [-0.05, 0) is 79.1 Å². The van der Waals surface area contributed by atoms with Crippen LogP contribution in [-0.2, 0) is 16.0 Å². The van der Waals surface area contributed by atoms with Gasteiger partial charge in [0, 0.05) is 29.2 Å². The first-order chi connectivity index (χ1) is 19.9. The van der Waals surface area contributed by atoms with Crippen molar-refractivity contribution >= 4 is 28.4 Å². The molecule has 0 saturated carbocycles. The fourth-order valence-electron chi connectivity index (χ4n) is 5.24. The minimum Gasteiger partial charge on any atom is -0.507 e. The van der Waals surface area contributed by atoms with Crippen LogP contribution in [0.5, 0.6) is 23.0 Å². The van der Waals surface area contributed by atoms with E-state index in [9.17, 15) is 14.7 Å². The van der Waals surface area contributed by atoms with Crippen LogP contribution in [0.4, 0.5) is 0 Å². The van der Waals surface area contributed by atoms with Crippen molar-refractivity contribution < 1.29 is 33.6 Å². The van der Waals surface area contributed by atoms with Gasteiger partial charge in [0.2, 0.25) is 0 Å². The number of likely N-dealkylation sites (tertiary alicyclic amines) is 1. The molecule has 1 aliphatic rings. The molecule has 1 amide bonds. The largest absolute Gasteiger partial charge is 0.507 e. The molecule has 5 rings (SSSR count). The number of ketones is 1. The predicted octanol–water partition coefficient (Wildman–Crippen LogP) is 5.26. The molecule has 1 fully saturated rings. The molecule has 1 aromatic heterocycles. The fourth-order valence-corrected chi connectivity index (χ4v) is 5.24. The molecular weight excluding hydrogens is 524 g/mol. The summed E-state index contributed by atoms with van der Waals surface area (Å²) in [4.78, 5) is 31.8. The highest BCUT2D eigenvalue weighted by Crippen LogP contribution is 2.42. The van der Waals surface area contributed by atoms with Crippen LogP contribution in [0.2, 0.25) is 0 Å². The Morgan fingerprint density at radius 3 is 2.32 bits per heavy atom. The number of hydrogen-bond acceptors (Lipinski definition) is 7. The van der Waals surface area contributed by atoms with Gasteiger partial charge in [-0.2, -0.15) is 0 Å². The van der Waals surface area contributed by atoms with Crippen molar-refractivity contribution in [3.05, 3.63) is 89.1 Å². The van der Waals surface area contributed by atoms with Gasteiger partial charge in [-0.25, -0.2) is 0 Å². The summed E-state index contributed by atoms with van der Waals surface area (Å²) in [5.74, 6) is 0.612. The molecule has 4 aromatic rings. The van der Waals surface area contributed by atoms with Crippen LogP contribution < -0.4 is 18.9 Å². The topological polar surface area (TPSA) is 110 Å². The number of aromatic amines is 1. The molecule has 3 aromatic carbocycles. The zero-order valence-corrected chi connectivity index (χ0v) is 23.4. The third-order valence-corrected chi connectivity index (χ3v) is 7.30. The molecule has 1 atom stereocenters. The monoisotopic (exact) mass is 556 g/mol. The Kier molecular flexibility index (Phi) is 7.87. The minimum absolute atomic E-state index is 0.00646. The SMILES string of the molecule is CCOc1ccc(/C(O)=C2/C(=O)C(=O)N(CCc3c[nH]c4ccc(OC)cc34)C2c2ccc(OC)c(OC)c2)cc1. The van der Waals surface area contributed by atoms with Crippen molar-refractivity contribution in [1.29, 1.82) is 0 Å². The van der Waals surface area contributed by atoms with E-state index in [1.165, 1.54) is 19.1 Å². The predicted molar refractivity (Wildman–Crippen MR) is 155 cm³/mol. The first kappa shape index (κ1) is 27.6. The molecule has 1 aliphatic heterocycles. The second-order valence-corrected chi connectivity index (χ2v) is 9.54. The van der Waals surface area contributed by atoms with E-state index in [4.69, 9.17) is 18.9 Å². The Morgan fingerprint density at radius 2 is 1.63 bits per heavy atom. The summed E-state index contributed by atoms with van der Waals surface area (Å²) in [5.41, 5.74) is 2.93. The molecule has 0 spiro atoms. The van der Waals surface area contributed by atoms with E-state index in [0.29, 0.717) is 41.4 Å². The number of nitrogens with one attached hydrogen (secondary N) is 1. The molecule has 212 valence electrons. The number of rotatable bonds is 10. The van der Waals surface area contributed by atoms with Gasteiger partial charge in [-0.1, -0.05) is 6.07 Å². The van der Waals surface area contributed by atoms with Crippen molar-refractivity contribution in [2.75, 3.05) is 34.5 Å². The summed E-state index contributed by atoms with van der Waals surface area (Å²) >= 11 is 0. The number of H-pyrrole nitrogens is 1. The lowest BCUT2D eigenvalue weighted by atomic mass is 9.94. The van der Waals surface area contributed by atoms with Gasteiger partial charge in [-0.15, -0.1) is 0 Å². The summed E-state index contributed by atoms with van der Waals surface area (Å²) in [6.07, 6.45) is 2.36.